The molecule has 18 heavy (non-hydrogen) atoms. The Morgan fingerprint density at radius 3 is 2.78 bits per heavy atom. The summed E-state index contributed by atoms with van der Waals surface area (Å²) in [4.78, 5) is 24.1. The van der Waals surface area contributed by atoms with Gasteiger partial charge in [-0.25, -0.2) is 0 Å². The number of benzene rings is 1. The highest BCUT2D eigenvalue weighted by atomic mass is 32.2. The Morgan fingerprint density at radius 1 is 1.39 bits per heavy atom. The SMILES string of the molecule is O=C([O-])[C@@H]1CS[C@@]2(c3ccccc3)CCC(=O)N12. The topological polar surface area (TPSA) is 60.4 Å². The average Bonchev–Trinajstić information content (AvgIpc) is 2.91. The first-order valence-electron chi connectivity index (χ1n) is 5.88. The van der Waals surface area contributed by atoms with E-state index in [-0.39, 0.29) is 5.91 Å². The zero-order valence-corrected chi connectivity index (χ0v) is 10.5. The van der Waals surface area contributed by atoms with E-state index in [1.165, 1.54) is 16.7 Å². The molecule has 3 rings (SSSR count). The lowest BCUT2D eigenvalue weighted by Gasteiger charge is -2.34. The molecular formula is C13H12NO3S-. The Hall–Kier alpha value is -1.49. The summed E-state index contributed by atoms with van der Waals surface area (Å²) in [7, 11) is 0. The Labute approximate surface area is 109 Å². The van der Waals surface area contributed by atoms with Gasteiger partial charge in [0.2, 0.25) is 5.91 Å². The van der Waals surface area contributed by atoms with Gasteiger partial charge in [-0.05, 0) is 12.0 Å². The summed E-state index contributed by atoms with van der Waals surface area (Å²) in [6, 6.07) is 8.85. The van der Waals surface area contributed by atoms with Crippen LogP contribution in [0.1, 0.15) is 18.4 Å². The van der Waals surface area contributed by atoms with E-state index in [0.29, 0.717) is 18.6 Å². The summed E-state index contributed by atoms with van der Waals surface area (Å²) in [5.74, 6) is -0.836. The van der Waals surface area contributed by atoms with Crippen LogP contribution in [0.15, 0.2) is 30.3 Å². The van der Waals surface area contributed by atoms with Crippen molar-refractivity contribution < 1.29 is 14.7 Å². The number of carboxylic acid groups (broad SMARTS) is 1. The highest BCUT2D eigenvalue weighted by Gasteiger charge is 2.54. The average molecular weight is 262 g/mol. The minimum absolute atomic E-state index is 0.0851. The van der Waals surface area contributed by atoms with E-state index in [2.05, 4.69) is 0 Å². The van der Waals surface area contributed by atoms with Gasteiger partial charge >= 0.3 is 0 Å². The van der Waals surface area contributed by atoms with Crippen molar-refractivity contribution >= 4 is 23.6 Å². The van der Waals surface area contributed by atoms with Crippen LogP contribution in [0.3, 0.4) is 0 Å². The van der Waals surface area contributed by atoms with E-state index in [4.69, 9.17) is 0 Å². The van der Waals surface area contributed by atoms with Gasteiger partial charge in [0.05, 0.1) is 12.0 Å². The lowest BCUT2D eigenvalue weighted by molar-refractivity contribution is -0.310. The summed E-state index contributed by atoms with van der Waals surface area (Å²) >= 11 is 1.54. The van der Waals surface area contributed by atoms with Crippen molar-refractivity contribution in [1.29, 1.82) is 0 Å². The largest absolute Gasteiger partial charge is 0.548 e. The highest BCUT2D eigenvalue weighted by molar-refractivity contribution is 8.00. The van der Waals surface area contributed by atoms with Gasteiger partial charge in [-0.15, -0.1) is 11.8 Å². The van der Waals surface area contributed by atoms with Crippen molar-refractivity contribution in [2.75, 3.05) is 5.75 Å². The van der Waals surface area contributed by atoms with Gasteiger partial charge in [-0.3, -0.25) is 4.79 Å². The van der Waals surface area contributed by atoms with Crippen molar-refractivity contribution in [3.8, 4) is 0 Å². The predicted molar refractivity (Wildman–Crippen MR) is 65.5 cm³/mol. The lowest BCUT2D eigenvalue weighted by atomic mass is 10.0. The molecular weight excluding hydrogens is 250 g/mol. The lowest BCUT2D eigenvalue weighted by Crippen LogP contribution is -2.50. The maximum atomic E-state index is 12.0. The second kappa shape index (κ2) is 4.02. The van der Waals surface area contributed by atoms with Gasteiger partial charge in [-0.2, -0.15) is 0 Å². The van der Waals surface area contributed by atoms with Crippen LogP contribution in [0.25, 0.3) is 0 Å². The molecule has 2 aliphatic rings. The molecule has 1 aromatic rings. The molecule has 0 saturated carbocycles. The van der Waals surface area contributed by atoms with Gasteiger partial charge in [-0.1, -0.05) is 30.3 Å². The fourth-order valence-electron chi connectivity index (χ4n) is 2.82. The number of amides is 1. The van der Waals surface area contributed by atoms with Crippen molar-refractivity contribution in [1.82, 2.24) is 4.90 Å². The zero-order valence-electron chi connectivity index (χ0n) is 9.67. The molecule has 0 aliphatic carbocycles. The van der Waals surface area contributed by atoms with E-state index >= 15 is 0 Å². The van der Waals surface area contributed by atoms with Crippen molar-refractivity contribution in [2.45, 2.75) is 23.8 Å². The van der Waals surface area contributed by atoms with Gasteiger partial charge in [0.1, 0.15) is 4.87 Å². The molecule has 1 aromatic carbocycles. The highest BCUT2D eigenvalue weighted by Crippen LogP contribution is 2.54. The third-order valence-corrected chi connectivity index (χ3v) is 5.22. The van der Waals surface area contributed by atoms with Crippen LogP contribution in [-0.4, -0.2) is 28.6 Å². The van der Waals surface area contributed by atoms with E-state index in [0.717, 1.165) is 5.56 Å². The van der Waals surface area contributed by atoms with Crippen LogP contribution in [0.4, 0.5) is 0 Å². The minimum Gasteiger partial charge on any atom is -0.548 e. The Bertz CT molecular complexity index is 504. The summed E-state index contributed by atoms with van der Waals surface area (Å²) < 4.78 is 0. The molecule has 0 spiro atoms. The quantitative estimate of drug-likeness (QED) is 0.770. The second-order valence-corrected chi connectivity index (χ2v) is 5.86. The molecule has 2 saturated heterocycles. The molecule has 0 radical (unpaired) electrons. The van der Waals surface area contributed by atoms with Crippen LogP contribution >= 0.6 is 11.8 Å². The third kappa shape index (κ3) is 1.47. The third-order valence-electron chi connectivity index (χ3n) is 3.62. The molecule has 0 unspecified atom stereocenters. The number of carboxylic acids is 1. The van der Waals surface area contributed by atoms with Crippen molar-refractivity contribution in [2.24, 2.45) is 0 Å². The van der Waals surface area contributed by atoms with E-state index < -0.39 is 16.9 Å². The summed E-state index contributed by atoms with van der Waals surface area (Å²) in [5.41, 5.74) is 1.00. The Balaban J connectivity index is 2.06. The van der Waals surface area contributed by atoms with E-state index in [1.54, 1.807) is 0 Å². The normalized spacial score (nSPS) is 30.6. The minimum atomic E-state index is -1.16. The molecule has 1 amide bonds. The number of carbonyl (C=O) groups is 2. The van der Waals surface area contributed by atoms with Crippen LogP contribution in [0.2, 0.25) is 0 Å². The molecule has 2 fully saturated rings. The fourth-order valence-corrected chi connectivity index (χ4v) is 4.45. The zero-order chi connectivity index (χ0) is 12.8. The Morgan fingerprint density at radius 2 is 2.11 bits per heavy atom. The second-order valence-electron chi connectivity index (χ2n) is 4.56. The molecule has 0 N–H and O–H groups in total. The maximum Gasteiger partial charge on any atom is 0.224 e. The molecule has 2 heterocycles. The maximum absolute atomic E-state index is 12.0. The Kier molecular flexibility index (Phi) is 2.59. The number of aliphatic carboxylic acids is 1. The molecule has 0 aromatic heterocycles. The van der Waals surface area contributed by atoms with Gasteiger partial charge in [0.25, 0.3) is 0 Å². The van der Waals surface area contributed by atoms with Crippen molar-refractivity contribution in [3.63, 3.8) is 0 Å². The predicted octanol–water partition coefficient (Wildman–Crippen LogP) is 0.327. The molecule has 0 bridgehead atoms. The standard InChI is InChI=1S/C13H13NO3S/c15-11-6-7-13(9-4-2-1-3-5-9)14(11)10(8-18-13)12(16)17/h1-5,10H,6-8H2,(H,16,17)/p-1/t10-,13+/m0/s1. The summed E-state index contributed by atoms with van der Waals surface area (Å²) in [6.07, 6.45) is 1.08. The number of nitrogens with zero attached hydrogens (tertiary/aromatic N) is 1. The number of thioether (sulfide) groups is 1. The van der Waals surface area contributed by atoms with Gasteiger partial charge in [0.15, 0.2) is 0 Å². The molecule has 2 aliphatic heterocycles. The first-order chi connectivity index (χ1) is 8.65. The van der Waals surface area contributed by atoms with Gasteiger partial charge < -0.3 is 14.8 Å². The fraction of sp³-hybridized carbons (Fsp3) is 0.385. The number of carbonyl (C=O) groups excluding carboxylic acids is 2. The first kappa shape index (κ1) is 11.6. The van der Waals surface area contributed by atoms with E-state index in [1.807, 2.05) is 30.3 Å². The number of fused-ring (bicyclic) bond motifs is 1. The summed E-state index contributed by atoms with van der Waals surface area (Å²) in [6.45, 7) is 0. The number of hydrogen-bond donors (Lipinski definition) is 0. The summed E-state index contributed by atoms with van der Waals surface area (Å²) in [5, 5.41) is 11.1. The van der Waals surface area contributed by atoms with Crippen molar-refractivity contribution in [3.05, 3.63) is 35.9 Å². The van der Waals surface area contributed by atoms with Crippen LogP contribution in [-0.2, 0) is 14.5 Å². The molecule has 94 valence electrons. The van der Waals surface area contributed by atoms with Gasteiger partial charge in [0, 0.05) is 12.2 Å². The number of hydrogen-bond acceptors (Lipinski definition) is 4. The van der Waals surface area contributed by atoms with E-state index in [9.17, 15) is 14.7 Å². The monoisotopic (exact) mass is 262 g/mol. The molecule has 4 nitrogen and oxygen atoms in total. The number of rotatable bonds is 2. The smallest absolute Gasteiger partial charge is 0.224 e. The molecule has 5 heteroatoms. The van der Waals surface area contributed by atoms with Crippen LogP contribution in [0, 0.1) is 0 Å². The van der Waals surface area contributed by atoms with Crippen LogP contribution in [0.5, 0.6) is 0 Å². The molecule has 2 atom stereocenters. The van der Waals surface area contributed by atoms with Crippen LogP contribution < -0.4 is 5.11 Å². The first-order valence-corrected chi connectivity index (χ1v) is 6.86.